The first-order chi connectivity index (χ1) is 27.6. The second kappa shape index (κ2) is 18.4. The molecule has 0 radical (unpaired) electrons. The van der Waals surface area contributed by atoms with Crippen LogP contribution in [0.3, 0.4) is 0 Å². The number of nitrogen functional groups attached to an aromatic ring is 1. The minimum Gasteiger partial charge on any atom is -0.384 e. The summed E-state index contributed by atoms with van der Waals surface area (Å²) in [5.74, 6) is 2.03. The number of aryl methyl sites for hydroxylation is 1. The van der Waals surface area contributed by atoms with E-state index in [0.717, 1.165) is 120 Å². The molecular formula is C47H65N9O. The molecule has 1 amide bonds. The Labute approximate surface area is 340 Å². The lowest BCUT2D eigenvalue weighted by molar-refractivity contribution is -0.128. The van der Waals surface area contributed by atoms with E-state index >= 15 is 0 Å². The minimum absolute atomic E-state index is 0.267. The number of piperazine rings is 1. The highest BCUT2D eigenvalue weighted by Crippen LogP contribution is 2.34. The second-order valence-electron chi connectivity index (χ2n) is 17.1. The van der Waals surface area contributed by atoms with Gasteiger partial charge in [-0.2, -0.15) is 0 Å². The summed E-state index contributed by atoms with van der Waals surface area (Å²) in [6.45, 7) is 20.7. The van der Waals surface area contributed by atoms with Crippen LogP contribution < -0.4 is 5.73 Å². The Morgan fingerprint density at radius 3 is 2.51 bits per heavy atom. The van der Waals surface area contributed by atoms with E-state index in [1.807, 2.05) is 18.2 Å². The van der Waals surface area contributed by atoms with Crippen LogP contribution in [0.1, 0.15) is 70.4 Å². The SMILES string of the molecule is C=C(/C=C(\C)C(C)N1CCC(C2=CC=C(C(=O)N3CCC(CN4CCN(Cc5ccc6[nH]n(C)c6c5)CC4C)CC3)CC2)CC1)/C(=C\C=NC)c1ccc(N)nc1. The van der Waals surface area contributed by atoms with Crippen molar-refractivity contribution in [1.82, 2.24) is 34.4 Å². The number of fused-ring (bicyclic) bond motifs is 1. The summed E-state index contributed by atoms with van der Waals surface area (Å²) in [4.78, 5) is 32.1. The molecule has 3 saturated heterocycles. The van der Waals surface area contributed by atoms with E-state index in [2.05, 4.69) is 110 Å². The number of pyridine rings is 1. The predicted molar refractivity (Wildman–Crippen MR) is 236 cm³/mol. The number of nitrogens with zero attached hydrogens (tertiary/aromatic N) is 7. The molecule has 0 bridgehead atoms. The average molecular weight is 772 g/mol. The third-order valence-corrected chi connectivity index (χ3v) is 13.3. The highest BCUT2D eigenvalue weighted by Gasteiger charge is 2.31. The van der Waals surface area contributed by atoms with Crippen LogP contribution in [0.4, 0.5) is 5.82 Å². The summed E-state index contributed by atoms with van der Waals surface area (Å²) in [6.07, 6.45) is 18.6. The van der Waals surface area contributed by atoms with Crippen LogP contribution in [0.15, 0.2) is 94.7 Å². The highest BCUT2D eigenvalue weighted by molar-refractivity contribution is 5.94. The summed E-state index contributed by atoms with van der Waals surface area (Å²) in [5, 5.41) is 3.30. The Bertz CT molecular complexity index is 2030. The maximum absolute atomic E-state index is 13.6. The number of aromatic amines is 1. The van der Waals surface area contributed by atoms with E-state index in [4.69, 9.17) is 5.73 Å². The van der Waals surface area contributed by atoms with E-state index in [1.54, 1.807) is 19.5 Å². The van der Waals surface area contributed by atoms with Crippen LogP contribution in [-0.2, 0) is 18.4 Å². The zero-order valence-corrected chi connectivity index (χ0v) is 35.1. The normalized spacial score (nSPS) is 22.3. The third kappa shape index (κ3) is 9.79. The number of piperidine rings is 2. The zero-order chi connectivity index (χ0) is 40.1. The van der Waals surface area contributed by atoms with Crippen molar-refractivity contribution in [1.29, 1.82) is 0 Å². The van der Waals surface area contributed by atoms with Gasteiger partial charge in [0.25, 0.3) is 0 Å². The molecule has 0 spiro atoms. The number of nitrogens with two attached hydrogens (primary N) is 1. The Morgan fingerprint density at radius 2 is 1.84 bits per heavy atom. The molecule has 3 aliphatic heterocycles. The number of carbonyl (C=O) groups excluding carboxylic acids is 1. The fourth-order valence-corrected chi connectivity index (χ4v) is 9.53. The van der Waals surface area contributed by atoms with E-state index < -0.39 is 0 Å². The van der Waals surface area contributed by atoms with Gasteiger partial charge < -0.3 is 10.6 Å². The predicted octanol–water partition coefficient (Wildman–Crippen LogP) is 7.26. The first-order valence-corrected chi connectivity index (χ1v) is 21.3. The number of nitrogens with one attached hydrogen (secondary N) is 1. The maximum Gasteiger partial charge on any atom is 0.249 e. The van der Waals surface area contributed by atoms with Gasteiger partial charge >= 0.3 is 0 Å². The van der Waals surface area contributed by atoms with Crippen LogP contribution >= 0.6 is 0 Å². The van der Waals surface area contributed by atoms with Crippen molar-refractivity contribution >= 4 is 34.5 Å². The number of allylic oxidation sites excluding steroid dienone is 7. The standard InChI is InChI=1S/C47H65N9O/c1-33(27-34(2)43(15-20-49-5)42-12-14-46(48)50-29-42)36(4)54-23-18-40(19-24-54)39-8-10-41(11-9-39)47(57)55-21-16-37(17-22-55)32-56-26-25-53(30-35(56)3)31-38-7-13-44-45(28-38)52(6)51-44/h7-8,10,12-15,20,27-29,35-37,40,51H,2,9,11,16-19,21-26,30-32H2,1,3-6H3,(H2,48,50)/b33-27+,43-15+,49-20?. The molecule has 4 aliphatic rings. The lowest BCUT2D eigenvalue weighted by atomic mass is 9.82. The topological polar surface area (TPSA) is 102 Å². The lowest BCUT2D eigenvalue weighted by Crippen LogP contribution is -2.53. The summed E-state index contributed by atoms with van der Waals surface area (Å²) >= 11 is 0. The van der Waals surface area contributed by atoms with Gasteiger partial charge in [0, 0.05) is 95.5 Å². The summed E-state index contributed by atoms with van der Waals surface area (Å²) in [6, 6.07) is 11.5. The van der Waals surface area contributed by atoms with Gasteiger partial charge in [0.15, 0.2) is 0 Å². The number of aromatic nitrogens is 3. The minimum atomic E-state index is 0.267. The second-order valence-corrected chi connectivity index (χ2v) is 17.1. The molecule has 0 saturated carbocycles. The first-order valence-electron chi connectivity index (χ1n) is 21.3. The summed E-state index contributed by atoms with van der Waals surface area (Å²) in [7, 11) is 3.84. The molecule has 3 aromatic rings. The first kappa shape index (κ1) is 40.7. The van der Waals surface area contributed by atoms with Gasteiger partial charge in [-0.1, -0.05) is 42.0 Å². The van der Waals surface area contributed by atoms with E-state index in [9.17, 15) is 4.79 Å². The zero-order valence-electron chi connectivity index (χ0n) is 35.1. The summed E-state index contributed by atoms with van der Waals surface area (Å²) < 4.78 is 2.09. The average Bonchev–Trinajstić information content (AvgIpc) is 3.22. The molecule has 2 unspecified atom stereocenters. The van der Waals surface area contributed by atoms with E-state index in [-0.39, 0.29) is 5.91 Å². The van der Waals surface area contributed by atoms with Gasteiger partial charge in [-0.3, -0.25) is 34.3 Å². The molecular weight excluding hydrogens is 707 g/mol. The third-order valence-electron chi connectivity index (χ3n) is 13.3. The van der Waals surface area contributed by atoms with Crippen molar-refractivity contribution in [2.24, 2.45) is 23.9 Å². The van der Waals surface area contributed by atoms with Crippen molar-refractivity contribution in [2.75, 3.05) is 65.1 Å². The monoisotopic (exact) mass is 772 g/mol. The van der Waals surface area contributed by atoms with Crippen LogP contribution in [0.5, 0.6) is 0 Å². The molecule has 2 atom stereocenters. The summed E-state index contributed by atoms with van der Waals surface area (Å²) in [5.41, 5.74) is 16.5. The van der Waals surface area contributed by atoms with Crippen molar-refractivity contribution in [3.05, 3.63) is 101 Å². The van der Waals surface area contributed by atoms with Crippen molar-refractivity contribution < 1.29 is 4.79 Å². The molecule has 1 aliphatic carbocycles. The van der Waals surface area contributed by atoms with Crippen LogP contribution in [0.2, 0.25) is 0 Å². The van der Waals surface area contributed by atoms with Gasteiger partial charge in [-0.05, 0) is 131 Å². The van der Waals surface area contributed by atoms with Crippen LogP contribution in [-0.4, -0.2) is 118 Å². The number of likely N-dealkylation sites (tertiary alicyclic amines) is 2. The van der Waals surface area contributed by atoms with E-state index in [1.165, 1.54) is 27.7 Å². The fraction of sp³-hybridized carbons (Fsp3) is 0.511. The number of hydrogen-bond donors (Lipinski definition) is 2. The van der Waals surface area contributed by atoms with Crippen molar-refractivity contribution in [3.8, 4) is 0 Å². The number of hydrogen-bond acceptors (Lipinski definition) is 7. The van der Waals surface area contributed by atoms with Gasteiger partial charge in [0.2, 0.25) is 5.91 Å². The molecule has 3 fully saturated rings. The van der Waals surface area contributed by atoms with Crippen molar-refractivity contribution in [3.63, 3.8) is 0 Å². The molecule has 57 heavy (non-hydrogen) atoms. The number of carbonyl (C=O) groups is 1. The molecule has 10 heteroatoms. The molecule has 304 valence electrons. The quantitative estimate of drug-likeness (QED) is 0.149. The number of amides is 1. The Kier molecular flexibility index (Phi) is 13.1. The molecule has 7 rings (SSSR count). The van der Waals surface area contributed by atoms with Crippen molar-refractivity contribution in [2.45, 2.75) is 77.9 Å². The largest absolute Gasteiger partial charge is 0.384 e. The van der Waals surface area contributed by atoms with Crippen LogP contribution in [0.25, 0.3) is 16.6 Å². The number of aliphatic imine (C=N–C) groups is 1. The fourth-order valence-electron chi connectivity index (χ4n) is 9.53. The smallest absolute Gasteiger partial charge is 0.249 e. The Balaban J connectivity index is 0.838. The van der Waals surface area contributed by atoms with E-state index in [0.29, 0.717) is 29.7 Å². The van der Waals surface area contributed by atoms with Crippen LogP contribution in [0, 0.1) is 11.8 Å². The number of H-pyrrole nitrogens is 1. The lowest BCUT2D eigenvalue weighted by Gasteiger charge is -2.43. The highest BCUT2D eigenvalue weighted by atomic mass is 16.2. The van der Waals surface area contributed by atoms with Gasteiger partial charge in [-0.15, -0.1) is 0 Å². The molecule has 5 heterocycles. The molecule has 2 aromatic heterocycles. The number of rotatable bonds is 12. The Hall–Kier alpha value is -4.51. The molecule has 10 nitrogen and oxygen atoms in total. The molecule has 1 aromatic carbocycles. The van der Waals surface area contributed by atoms with Gasteiger partial charge in [0.05, 0.1) is 11.0 Å². The maximum atomic E-state index is 13.6. The Morgan fingerprint density at radius 1 is 1.05 bits per heavy atom. The number of anilines is 1. The molecule has 3 N–H and O–H groups in total. The van der Waals surface area contributed by atoms with Gasteiger partial charge in [0.1, 0.15) is 5.82 Å². The number of benzene rings is 1. The van der Waals surface area contributed by atoms with Gasteiger partial charge in [-0.25, -0.2) is 4.98 Å².